The van der Waals surface area contributed by atoms with Gasteiger partial charge in [-0.3, -0.25) is 9.97 Å². The van der Waals surface area contributed by atoms with Crippen LogP contribution in [0.25, 0.3) is 0 Å². The van der Waals surface area contributed by atoms with Crippen molar-refractivity contribution in [3.63, 3.8) is 0 Å². The van der Waals surface area contributed by atoms with E-state index >= 15 is 0 Å². The third kappa shape index (κ3) is 4.13. The van der Waals surface area contributed by atoms with E-state index in [2.05, 4.69) is 68.9 Å². The van der Waals surface area contributed by atoms with Crippen LogP contribution in [0.2, 0.25) is 0 Å². The minimum absolute atomic E-state index is 0.108. The molecule has 0 N–H and O–H groups in total. The zero-order chi connectivity index (χ0) is 15.5. The van der Waals surface area contributed by atoms with Crippen molar-refractivity contribution in [2.75, 3.05) is 0 Å². The number of nitrogens with zero attached hydrogens (tertiary/aromatic N) is 2. The molecular weight excluding hydrogens is 256 g/mol. The van der Waals surface area contributed by atoms with Gasteiger partial charge in [0.25, 0.3) is 0 Å². The molecule has 0 atom stereocenters. The van der Waals surface area contributed by atoms with Crippen LogP contribution >= 0.6 is 0 Å². The van der Waals surface area contributed by atoms with Crippen LogP contribution in [0.5, 0.6) is 0 Å². The van der Waals surface area contributed by atoms with E-state index in [4.69, 9.17) is 0 Å². The first-order valence-electron chi connectivity index (χ1n) is 7.65. The number of aromatic nitrogens is 2. The molecular formula is C19H26N2. The van der Waals surface area contributed by atoms with Gasteiger partial charge in [0.1, 0.15) is 0 Å². The summed E-state index contributed by atoms with van der Waals surface area (Å²) in [5.41, 5.74) is 4.16. The maximum atomic E-state index is 4.50. The van der Waals surface area contributed by atoms with Crippen LogP contribution in [0.3, 0.4) is 0 Å². The molecule has 2 heteroatoms. The molecule has 0 spiro atoms. The monoisotopic (exact) mass is 282 g/mol. The van der Waals surface area contributed by atoms with E-state index in [1.54, 1.807) is 0 Å². The number of pyridine rings is 2. The van der Waals surface area contributed by atoms with Gasteiger partial charge < -0.3 is 0 Å². The van der Waals surface area contributed by atoms with Crippen molar-refractivity contribution in [2.45, 2.75) is 58.3 Å². The van der Waals surface area contributed by atoms with E-state index < -0.39 is 0 Å². The minimum Gasteiger partial charge on any atom is -0.265 e. The van der Waals surface area contributed by atoms with Crippen molar-refractivity contribution in [1.82, 2.24) is 9.97 Å². The largest absolute Gasteiger partial charge is 0.265 e. The third-order valence-corrected chi connectivity index (χ3v) is 4.09. The summed E-state index contributed by atoms with van der Waals surface area (Å²) < 4.78 is 0. The molecule has 112 valence electrons. The lowest BCUT2D eigenvalue weighted by Crippen LogP contribution is -2.18. The Kier molecular flexibility index (Phi) is 4.46. The van der Waals surface area contributed by atoms with Crippen LogP contribution in [0, 0.1) is 0 Å². The molecule has 0 aliphatic rings. The summed E-state index contributed by atoms with van der Waals surface area (Å²) in [6.45, 7) is 11.2. The van der Waals surface area contributed by atoms with Gasteiger partial charge in [-0.2, -0.15) is 0 Å². The molecule has 0 saturated heterocycles. The zero-order valence-electron chi connectivity index (χ0n) is 13.9. The second-order valence-corrected chi connectivity index (χ2v) is 7.42. The second-order valence-electron chi connectivity index (χ2n) is 7.42. The van der Waals surface area contributed by atoms with E-state index in [-0.39, 0.29) is 10.8 Å². The Morgan fingerprint density at radius 1 is 0.905 bits per heavy atom. The Balaban J connectivity index is 2.10. The summed E-state index contributed by atoms with van der Waals surface area (Å²) in [4.78, 5) is 8.61. The van der Waals surface area contributed by atoms with Crippen LogP contribution < -0.4 is 0 Å². The summed E-state index contributed by atoms with van der Waals surface area (Å²) in [7, 11) is 0. The Bertz CT molecular complexity index is 580. The molecule has 0 fully saturated rings. The lowest BCUT2D eigenvalue weighted by molar-refractivity contribution is 0.478. The van der Waals surface area contributed by atoms with E-state index in [1.165, 1.54) is 16.8 Å². The molecule has 0 aromatic carbocycles. The smallest absolute Gasteiger partial charge is 0.0459 e. The van der Waals surface area contributed by atoms with Gasteiger partial charge in [0, 0.05) is 29.7 Å². The van der Waals surface area contributed by atoms with Gasteiger partial charge >= 0.3 is 0 Å². The first-order valence-corrected chi connectivity index (χ1v) is 7.65. The van der Waals surface area contributed by atoms with Crippen LogP contribution in [0.15, 0.2) is 42.9 Å². The van der Waals surface area contributed by atoms with Gasteiger partial charge in [0.2, 0.25) is 0 Å². The predicted molar refractivity (Wildman–Crippen MR) is 88.5 cm³/mol. The lowest BCUT2D eigenvalue weighted by atomic mass is 9.80. The molecule has 0 unspecified atom stereocenters. The molecule has 2 aromatic heterocycles. The highest BCUT2D eigenvalue weighted by atomic mass is 14.7. The molecule has 0 radical (unpaired) electrons. The molecule has 0 saturated carbocycles. The second kappa shape index (κ2) is 5.97. The molecule has 21 heavy (non-hydrogen) atoms. The first kappa shape index (κ1) is 15.7. The van der Waals surface area contributed by atoms with E-state index in [9.17, 15) is 0 Å². The van der Waals surface area contributed by atoms with Crippen LogP contribution in [0.4, 0.5) is 0 Å². The van der Waals surface area contributed by atoms with E-state index in [1.807, 2.05) is 18.6 Å². The van der Waals surface area contributed by atoms with Gasteiger partial charge in [-0.15, -0.1) is 0 Å². The Hall–Kier alpha value is -1.70. The fraction of sp³-hybridized carbons (Fsp3) is 0.474. The van der Waals surface area contributed by atoms with Crippen LogP contribution in [0.1, 0.15) is 57.9 Å². The van der Waals surface area contributed by atoms with Gasteiger partial charge in [-0.05, 0) is 53.6 Å². The quantitative estimate of drug-likeness (QED) is 0.813. The van der Waals surface area contributed by atoms with Gasteiger partial charge in [0.15, 0.2) is 0 Å². The highest BCUT2D eigenvalue weighted by Gasteiger charge is 2.21. The average molecular weight is 282 g/mol. The van der Waals surface area contributed by atoms with Crippen molar-refractivity contribution >= 4 is 0 Å². The van der Waals surface area contributed by atoms with Crippen molar-refractivity contribution in [1.29, 1.82) is 0 Å². The minimum atomic E-state index is 0.108. The first-order chi connectivity index (χ1) is 9.79. The Morgan fingerprint density at radius 3 is 2.19 bits per heavy atom. The summed E-state index contributed by atoms with van der Waals surface area (Å²) in [5.74, 6) is 0. The average Bonchev–Trinajstić information content (AvgIpc) is 2.46. The van der Waals surface area contributed by atoms with Gasteiger partial charge in [-0.1, -0.05) is 34.6 Å². The fourth-order valence-electron chi connectivity index (χ4n) is 2.44. The maximum absolute atomic E-state index is 4.50. The van der Waals surface area contributed by atoms with Crippen molar-refractivity contribution in [2.24, 2.45) is 0 Å². The Morgan fingerprint density at radius 2 is 1.57 bits per heavy atom. The standard InChI is InChI=1S/C19H26N2/c1-18(2,3)17-14-15(7-13-21-17)6-10-19(4,5)16-8-11-20-12-9-16/h7-9,11-14H,6,10H2,1-5H3. The zero-order valence-corrected chi connectivity index (χ0v) is 13.9. The summed E-state index contributed by atoms with van der Waals surface area (Å²) in [5, 5.41) is 0. The highest BCUT2D eigenvalue weighted by molar-refractivity contribution is 5.24. The normalized spacial score (nSPS) is 12.4. The summed E-state index contributed by atoms with van der Waals surface area (Å²) in [6, 6.07) is 8.63. The third-order valence-electron chi connectivity index (χ3n) is 4.09. The lowest BCUT2D eigenvalue weighted by Gasteiger charge is -2.25. The maximum Gasteiger partial charge on any atom is 0.0459 e. The molecule has 2 aromatic rings. The molecule has 0 amide bonds. The Labute approximate surface area is 128 Å². The fourth-order valence-corrected chi connectivity index (χ4v) is 2.44. The molecule has 0 aliphatic carbocycles. The number of rotatable bonds is 4. The van der Waals surface area contributed by atoms with Crippen molar-refractivity contribution < 1.29 is 0 Å². The van der Waals surface area contributed by atoms with Crippen molar-refractivity contribution in [3.8, 4) is 0 Å². The molecule has 2 rings (SSSR count). The van der Waals surface area contributed by atoms with E-state index in [0.29, 0.717) is 0 Å². The predicted octanol–water partition coefficient (Wildman–Crippen LogP) is 4.68. The number of aryl methyl sites for hydroxylation is 1. The molecule has 0 bridgehead atoms. The van der Waals surface area contributed by atoms with Crippen LogP contribution in [-0.4, -0.2) is 9.97 Å². The number of hydrogen-bond acceptors (Lipinski definition) is 2. The molecule has 0 aliphatic heterocycles. The van der Waals surface area contributed by atoms with Gasteiger partial charge in [0.05, 0.1) is 0 Å². The highest BCUT2D eigenvalue weighted by Crippen LogP contribution is 2.29. The molecule has 2 nitrogen and oxygen atoms in total. The number of hydrogen-bond donors (Lipinski definition) is 0. The van der Waals surface area contributed by atoms with Gasteiger partial charge in [-0.25, -0.2) is 0 Å². The topological polar surface area (TPSA) is 25.8 Å². The van der Waals surface area contributed by atoms with Crippen LogP contribution in [-0.2, 0) is 17.3 Å². The van der Waals surface area contributed by atoms with Crippen molar-refractivity contribution in [3.05, 3.63) is 59.7 Å². The van der Waals surface area contributed by atoms with E-state index in [0.717, 1.165) is 12.8 Å². The summed E-state index contributed by atoms with van der Waals surface area (Å²) >= 11 is 0. The molecule has 2 heterocycles. The summed E-state index contributed by atoms with van der Waals surface area (Å²) in [6.07, 6.45) is 7.88. The SMILES string of the molecule is CC(C)(C)c1cc(CCC(C)(C)c2ccncc2)ccn1.